The van der Waals surface area contributed by atoms with Crippen molar-refractivity contribution in [3.8, 4) is 0 Å². The molecule has 4 unspecified atom stereocenters. The molecule has 1 fully saturated rings. The van der Waals surface area contributed by atoms with Crippen LogP contribution < -0.4 is 5.73 Å². The summed E-state index contributed by atoms with van der Waals surface area (Å²) in [5.74, 6) is 0.636. The molecule has 1 aliphatic carbocycles. The van der Waals surface area contributed by atoms with Gasteiger partial charge in [0, 0.05) is 24.8 Å². The Hall–Kier alpha value is -0.870. The Morgan fingerprint density at radius 2 is 2.17 bits per heavy atom. The third-order valence-electron chi connectivity index (χ3n) is 3.89. The van der Waals surface area contributed by atoms with Crippen LogP contribution in [0.5, 0.6) is 0 Å². The minimum Gasteiger partial charge on any atom is -0.368 e. The Balaban J connectivity index is 2.06. The van der Waals surface area contributed by atoms with Gasteiger partial charge in [0.15, 0.2) is 0 Å². The van der Waals surface area contributed by atoms with Crippen LogP contribution in [0.25, 0.3) is 0 Å². The molecule has 1 aliphatic rings. The molecule has 102 valence electrons. The van der Waals surface area contributed by atoms with Gasteiger partial charge in [0.2, 0.25) is 0 Å². The van der Waals surface area contributed by atoms with Crippen molar-refractivity contribution in [2.75, 3.05) is 0 Å². The van der Waals surface area contributed by atoms with Crippen molar-refractivity contribution in [3.05, 3.63) is 18.0 Å². The van der Waals surface area contributed by atoms with E-state index in [0.29, 0.717) is 12.0 Å². The van der Waals surface area contributed by atoms with Crippen molar-refractivity contribution in [1.29, 1.82) is 0 Å². The lowest BCUT2D eigenvalue weighted by atomic mass is 9.87. The van der Waals surface area contributed by atoms with E-state index in [9.17, 15) is 0 Å². The van der Waals surface area contributed by atoms with Crippen LogP contribution in [0.3, 0.4) is 0 Å². The summed E-state index contributed by atoms with van der Waals surface area (Å²) in [5, 5.41) is 4.21. The van der Waals surface area contributed by atoms with Gasteiger partial charge in [0.05, 0.1) is 12.3 Å². The molecule has 0 amide bonds. The van der Waals surface area contributed by atoms with Crippen molar-refractivity contribution in [3.63, 3.8) is 0 Å². The van der Waals surface area contributed by atoms with Crippen LogP contribution in [0.2, 0.25) is 0 Å². The molecule has 0 spiro atoms. The van der Waals surface area contributed by atoms with Crippen LogP contribution in [-0.2, 0) is 11.8 Å². The van der Waals surface area contributed by atoms with Crippen LogP contribution in [0.4, 0.5) is 0 Å². The highest BCUT2D eigenvalue weighted by Crippen LogP contribution is 2.31. The number of hydrogen-bond acceptors (Lipinski definition) is 3. The molecule has 1 heterocycles. The van der Waals surface area contributed by atoms with Crippen molar-refractivity contribution in [2.24, 2.45) is 18.7 Å². The lowest BCUT2D eigenvalue weighted by Crippen LogP contribution is -2.34. The third-order valence-corrected chi connectivity index (χ3v) is 3.89. The van der Waals surface area contributed by atoms with Gasteiger partial charge in [-0.1, -0.05) is 19.8 Å². The van der Waals surface area contributed by atoms with Crippen LogP contribution in [-0.4, -0.2) is 21.9 Å². The lowest BCUT2D eigenvalue weighted by molar-refractivity contribution is -0.0652. The normalized spacial score (nSPS) is 28.0. The van der Waals surface area contributed by atoms with E-state index in [2.05, 4.69) is 12.0 Å². The summed E-state index contributed by atoms with van der Waals surface area (Å²) >= 11 is 0. The molecule has 2 N–H and O–H groups in total. The molecular formula is C14H25N3O. The second kappa shape index (κ2) is 5.85. The van der Waals surface area contributed by atoms with E-state index in [4.69, 9.17) is 10.5 Å². The highest BCUT2D eigenvalue weighted by Gasteiger charge is 2.28. The highest BCUT2D eigenvalue weighted by molar-refractivity contribution is 5.10. The molecule has 4 heteroatoms. The van der Waals surface area contributed by atoms with E-state index in [1.165, 1.54) is 19.3 Å². The van der Waals surface area contributed by atoms with E-state index < -0.39 is 0 Å². The number of rotatable bonds is 4. The summed E-state index contributed by atoms with van der Waals surface area (Å²) in [5.41, 5.74) is 7.17. The first-order chi connectivity index (χ1) is 8.58. The Morgan fingerprint density at radius 1 is 1.44 bits per heavy atom. The largest absolute Gasteiger partial charge is 0.368 e. The Morgan fingerprint density at radius 3 is 2.72 bits per heavy atom. The second-order valence-electron chi connectivity index (χ2n) is 5.66. The highest BCUT2D eigenvalue weighted by atomic mass is 16.5. The molecule has 0 bridgehead atoms. The molecule has 0 aliphatic heterocycles. The first-order valence-electron chi connectivity index (χ1n) is 6.97. The summed E-state index contributed by atoms with van der Waals surface area (Å²) in [7, 11) is 1.92. The topological polar surface area (TPSA) is 53.1 Å². The van der Waals surface area contributed by atoms with Gasteiger partial charge < -0.3 is 10.5 Å². The van der Waals surface area contributed by atoms with Gasteiger partial charge in [-0.2, -0.15) is 5.10 Å². The Labute approximate surface area is 110 Å². The minimum atomic E-state index is -0.0377. The van der Waals surface area contributed by atoms with Crippen molar-refractivity contribution < 1.29 is 4.74 Å². The molecular weight excluding hydrogens is 226 g/mol. The maximum Gasteiger partial charge on any atom is 0.101 e. The van der Waals surface area contributed by atoms with Crippen molar-refractivity contribution in [2.45, 2.75) is 57.8 Å². The van der Waals surface area contributed by atoms with Gasteiger partial charge in [-0.25, -0.2) is 0 Å². The van der Waals surface area contributed by atoms with Gasteiger partial charge >= 0.3 is 0 Å². The molecule has 0 saturated heterocycles. The SMILES string of the molecule is CC(N)C(OC1CCCCC1C)c1cnn(C)c1. The van der Waals surface area contributed by atoms with Gasteiger partial charge in [0.25, 0.3) is 0 Å². The van der Waals surface area contributed by atoms with E-state index in [-0.39, 0.29) is 12.1 Å². The van der Waals surface area contributed by atoms with Crippen LogP contribution in [0.15, 0.2) is 12.4 Å². The fourth-order valence-electron chi connectivity index (χ4n) is 2.77. The van der Waals surface area contributed by atoms with E-state index in [1.54, 1.807) is 4.68 Å². The number of nitrogens with two attached hydrogens (primary N) is 1. The number of aryl methyl sites for hydroxylation is 1. The summed E-state index contributed by atoms with van der Waals surface area (Å²) in [6, 6.07) is -0.0108. The maximum atomic E-state index is 6.29. The Bertz CT molecular complexity index is 375. The number of hydrogen-bond donors (Lipinski definition) is 1. The van der Waals surface area contributed by atoms with Crippen LogP contribution in [0, 0.1) is 5.92 Å². The molecule has 18 heavy (non-hydrogen) atoms. The minimum absolute atomic E-state index is 0.0108. The van der Waals surface area contributed by atoms with Crippen molar-refractivity contribution >= 4 is 0 Å². The summed E-state index contributed by atoms with van der Waals surface area (Å²) in [4.78, 5) is 0. The van der Waals surface area contributed by atoms with Gasteiger partial charge in [-0.05, 0) is 25.7 Å². The average Bonchev–Trinajstić information content (AvgIpc) is 2.74. The number of nitrogens with zero attached hydrogens (tertiary/aromatic N) is 2. The van der Waals surface area contributed by atoms with E-state index in [1.807, 2.05) is 26.4 Å². The smallest absolute Gasteiger partial charge is 0.101 e. The van der Waals surface area contributed by atoms with Crippen molar-refractivity contribution in [1.82, 2.24) is 9.78 Å². The average molecular weight is 251 g/mol. The monoisotopic (exact) mass is 251 g/mol. The summed E-state index contributed by atoms with van der Waals surface area (Å²) in [6.45, 7) is 4.29. The molecule has 0 radical (unpaired) electrons. The fourth-order valence-corrected chi connectivity index (χ4v) is 2.77. The van der Waals surface area contributed by atoms with Gasteiger partial charge in [0.1, 0.15) is 6.10 Å². The zero-order valence-corrected chi connectivity index (χ0v) is 11.7. The molecule has 1 saturated carbocycles. The van der Waals surface area contributed by atoms with Gasteiger partial charge in [-0.15, -0.1) is 0 Å². The summed E-state index contributed by atoms with van der Waals surface area (Å²) in [6.07, 6.45) is 9.20. The second-order valence-corrected chi connectivity index (χ2v) is 5.66. The first kappa shape index (κ1) is 13.6. The molecule has 2 rings (SSSR count). The van der Waals surface area contributed by atoms with Crippen LogP contribution >= 0.6 is 0 Å². The van der Waals surface area contributed by atoms with Crippen LogP contribution in [0.1, 0.15) is 51.2 Å². The zero-order chi connectivity index (χ0) is 13.1. The first-order valence-corrected chi connectivity index (χ1v) is 6.97. The third kappa shape index (κ3) is 3.12. The Kier molecular flexibility index (Phi) is 4.40. The molecule has 1 aromatic rings. The lowest BCUT2D eigenvalue weighted by Gasteiger charge is -2.33. The van der Waals surface area contributed by atoms with E-state index >= 15 is 0 Å². The maximum absolute atomic E-state index is 6.29. The molecule has 0 aromatic carbocycles. The fraction of sp³-hybridized carbons (Fsp3) is 0.786. The van der Waals surface area contributed by atoms with E-state index in [0.717, 1.165) is 12.0 Å². The number of ether oxygens (including phenoxy) is 1. The predicted molar refractivity (Wildman–Crippen MR) is 72.1 cm³/mol. The standard InChI is InChI=1S/C14H25N3O/c1-10-6-4-5-7-13(10)18-14(11(2)15)12-8-16-17(3)9-12/h8-11,13-14H,4-7,15H2,1-3H3. The molecule has 4 nitrogen and oxygen atoms in total. The molecule has 1 aromatic heterocycles. The molecule has 4 atom stereocenters. The quantitative estimate of drug-likeness (QED) is 0.894. The predicted octanol–water partition coefficient (Wildman–Crippen LogP) is 2.40. The van der Waals surface area contributed by atoms with Gasteiger partial charge in [-0.3, -0.25) is 4.68 Å². The number of aromatic nitrogens is 2. The summed E-state index contributed by atoms with van der Waals surface area (Å²) < 4.78 is 8.09. The zero-order valence-electron chi connectivity index (χ0n) is 11.7.